The molecule has 0 fully saturated rings. The molecule has 1 amide bonds. The van der Waals surface area contributed by atoms with Crippen LogP contribution in [0.4, 0.5) is 0 Å². The van der Waals surface area contributed by atoms with Crippen LogP contribution in [0.2, 0.25) is 0 Å². The highest BCUT2D eigenvalue weighted by atomic mass is 31.2. The van der Waals surface area contributed by atoms with E-state index in [2.05, 4.69) is 86.8 Å². The number of carbonyl (C=O) groups excluding carboxylic acids is 2. The molecule has 448 valence electrons. The monoisotopic (exact) mass is 1100 g/mol. The molecule has 0 heterocycles. The third kappa shape index (κ3) is 57.9. The zero-order valence-corrected chi connectivity index (χ0v) is 52.0. The van der Waals surface area contributed by atoms with Gasteiger partial charge in [0.15, 0.2) is 0 Å². The highest BCUT2D eigenvalue weighted by Crippen LogP contribution is 2.38. The van der Waals surface area contributed by atoms with E-state index in [1.165, 1.54) is 173 Å². The fourth-order valence-electron chi connectivity index (χ4n) is 9.20. The number of carbonyl (C=O) groups is 2. The summed E-state index contributed by atoms with van der Waals surface area (Å²) in [5.74, 6) is -0.551. The first-order valence-corrected chi connectivity index (χ1v) is 33.7. The van der Waals surface area contributed by atoms with Crippen LogP contribution < -0.4 is 10.2 Å². The SMILES string of the molecule is CC/C=C/C=C/C=C/CCCCCCCCCC(=O)OC(/C=C\CCCCCCCCCCC)C(COP(=O)([O-])OCC[N+](C)(C)C)NC(=O)CCCCCCCCCCCCCCCCC/C=C\C/C=C\CCCCC. The second kappa shape index (κ2) is 56.7. The summed E-state index contributed by atoms with van der Waals surface area (Å²) in [6, 6.07) is -0.895. The third-order valence-corrected chi connectivity index (χ3v) is 15.1. The van der Waals surface area contributed by atoms with Crippen LogP contribution in [0.25, 0.3) is 0 Å². The van der Waals surface area contributed by atoms with Gasteiger partial charge in [0.2, 0.25) is 5.91 Å². The van der Waals surface area contributed by atoms with Gasteiger partial charge in [-0.3, -0.25) is 14.2 Å². The Labute approximate surface area is 476 Å². The molecule has 0 aromatic carbocycles. The Kier molecular flexibility index (Phi) is 54.8. The molecule has 77 heavy (non-hydrogen) atoms. The van der Waals surface area contributed by atoms with E-state index in [-0.39, 0.29) is 24.9 Å². The summed E-state index contributed by atoms with van der Waals surface area (Å²) >= 11 is 0. The van der Waals surface area contributed by atoms with Crippen molar-refractivity contribution >= 4 is 19.7 Å². The average molecular weight is 1100 g/mol. The van der Waals surface area contributed by atoms with E-state index in [1.54, 1.807) is 0 Å². The maximum absolute atomic E-state index is 13.5. The van der Waals surface area contributed by atoms with Crippen molar-refractivity contribution in [1.29, 1.82) is 0 Å². The van der Waals surface area contributed by atoms with Gasteiger partial charge in [0.05, 0.1) is 33.8 Å². The van der Waals surface area contributed by atoms with Gasteiger partial charge in [-0.1, -0.05) is 267 Å². The normalized spacial score (nSPS) is 14.1. The van der Waals surface area contributed by atoms with E-state index < -0.39 is 26.6 Å². The number of unbranched alkanes of at least 4 members (excludes halogenated alkanes) is 34. The molecule has 3 atom stereocenters. The van der Waals surface area contributed by atoms with Crippen LogP contribution in [0.3, 0.4) is 0 Å². The number of quaternary nitrogens is 1. The van der Waals surface area contributed by atoms with Gasteiger partial charge in [0, 0.05) is 12.8 Å². The van der Waals surface area contributed by atoms with Crippen LogP contribution in [-0.2, 0) is 27.9 Å². The molecule has 0 bridgehead atoms. The summed E-state index contributed by atoms with van der Waals surface area (Å²) in [7, 11) is 1.18. The number of hydrogen-bond donors (Lipinski definition) is 1. The molecule has 1 N–H and O–H groups in total. The van der Waals surface area contributed by atoms with Crippen LogP contribution in [0.1, 0.15) is 290 Å². The van der Waals surface area contributed by atoms with Crippen molar-refractivity contribution in [3.8, 4) is 0 Å². The van der Waals surface area contributed by atoms with Gasteiger partial charge in [-0.25, -0.2) is 0 Å². The number of allylic oxidation sites excluding steroid dienone is 11. The summed E-state index contributed by atoms with van der Waals surface area (Å²) in [4.78, 5) is 40.0. The highest BCUT2D eigenvalue weighted by molar-refractivity contribution is 7.45. The molecule has 0 aliphatic heterocycles. The van der Waals surface area contributed by atoms with Gasteiger partial charge in [-0.2, -0.15) is 0 Å². The van der Waals surface area contributed by atoms with E-state index in [4.69, 9.17) is 13.8 Å². The molecular formula is C67H123N2O7P. The van der Waals surface area contributed by atoms with Crippen LogP contribution in [0.5, 0.6) is 0 Å². The van der Waals surface area contributed by atoms with E-state index in [0.29, 0.717) is 17.4 Å². The molecule has 0 saturated carbocycles. The number of phosphoric ester groups is 1. The summed E-state index contributed by atoms with van der Waals surface area (Å²) in [5, 5.41) is 3.03. The van der Waals surface area contributed by atoms with E-state index >= 15 is 0 Å². The van der Waals surface area contributed by atoms with E-state index in [1.807, 2.05) is 33.3 Å². The van der Waals surface area contributed by atoms with Gasteiger partial charge in [0.25, 0.3) is 7.82 Å². The quantitative estimate of drug-likeness (QED) is 0.0161. The second-order valence-corrected chi connectivity index (χ2v) is 24.4. The Morgan fingerprint density at radius 2 is 0.883 bits per heavy atom. The predicted molar refractivity (Wildman–Crippen MR) is 330 cm³/mol. The lowest BCUT2D eigenvalue weighted by molar-refractivity contribution is -0.870. The largest absolute Gasteiger partial charge is 0.756 e. The van der Waals surface area contributed by atoms with Crippen molar-refractivity contribution in [2.75, 3.05) is 40.9 Å². The Morgan fingerprint density at radius 1 is 0.481 bits per heavy atom. The first-order chi connectivity index (χ1) is 37.4. The lowest BCUT2D eigenvalue weighted by Crippen LogP contribution is -2.47. The number of esters is 1. The maximum atomic E-state index is 13.5. The minimum absolute atomic E-state index is 0.0259. The first kappa shape index (κ1) is 74.5. The second-order valence-electron chi connectivity index (χ2n) is 22.9. The highest BCUT2D eigenvalue weighted by Gasteiger charge is 2.27. The number of nitrogens with one attached hydrogen (secondary N) is 1. The van der Waals surface area contributed by atoms with Gasteiger partial charge in [-0.15, -0.1) is 0 Å². The Balaban J connectivity index is 5.06. The zero-order valence-electron chi connectivity index (χ0n) is 51.2. The Bertz CT molecular complexity index is 1550. The summed E-state index contributed by atoms with van der Waals surface area (Å²) in [6.45, 7) is 6.69. The molecule has 0 aromatic rings. The van der Waals surface area contributed by atoms with Gasteiger partial charge in [-0.05, 0) is 83.1 Å². The number of rotatable bonds is 58. The lowest BCUT2D eigenvalue weighted by atomic mass is 10.0. The smallest absolute Gasteiger partial charge is 0.306 e. The molecule has 0 aliphatic carbocycles. The van der Waals surface area contributed by atoms with Crippen molar-refractivity contribution < 1.29 is 37.3 Å². The fourth-order valence-corrected chi connectivity index (χ4v) is 9.92. The molecule has 0 spiro atoms. The van der Waals surface area contributed by atoms with Gasteiger partial charge >= 0.3 is 5.97 Å². The number of nitrogens with zero attached hydrogens (tertiary/aromatic N) is 1. The van der Waals surface area contributed by atoms with Crippen molar-refractivity contribution in [2.45, 2.75) is 303 Å². The number of likely N-dealkylation sites (N-methyl/N-ethyl adjacent to an activating group) is 1. The van der Waals surface area contributed by atoms with Crippen LogP contribution in [0.15, 0.2) is 72.9 Å². The molecule has 3 unspecified atom stereocenters. The molecule has 0 aliphatic rings. The Morgan fingerprint density at radius 3 is 1.36 bits per heavy atom. The van der Waals surface area contributed by atoms with Crippen molar-refractivity contribution in [2.24, 2.45) is 0 Å². The predicted octanol–water partition coefficient (Wildman–Crippen LogP) is 19.4. The van der Waals surface area contributed by atoms with Gasteiger partial charge < -0.3 is 28.5 Å². The number of hydrogen-bond acceptors (Lipinski definition) is 7. The zero-order chi connectivity index (χ0) is 56.4. The third-order valence-electron chi connectivity index (χ3n) is 14.2. The fraction of sp³-hybridized carbons (Fsp3) is 0.791. The average Bonchev–Trinajstić information content (AvgIpc) is 3.39. The molecular weight excluding hydrogens is 976 g/mol. The minimum atomic E-state index is -4.70. The van der Waals surface area contributed by atoms with Crippen molar-refractivity contribution in [3.05, 3.63) is 72.9 Å². The number of amides is 1. The first-order valence-electron chi connectivity index (χ1n) is 32.3. The van der Waals surface area contributed by atoms with Crippen molar-refractivity contribution in [3.63, 3.8) is 0 Å². The molecule has 0 aromatic heterocycles. The maximum Gasteiger partial charge on any atom is 0.306 e. The number of phosphoric acid groups is 1. The van der Waals surface area contributed by atoms with Crippen LogP contribution in [0, 0.1) is 0 Å². The van der Waals surface area contributed by atoms with E-state index in [0.717, 1.165) is 83.5 Å². The molecule has 10 heteroatoms. The lowest BCUT2D eigenvalue weighted by Gasteiger charge is -2.30. The standard InChI is InChI=1S/C67H123N2O7P/c1-7-10-13-16-19-22-25-27-29-30-31-32-33-34-35-36-37-38-40-41-44-47-50-53-56-59-66(70)68-64(63-75-77(72,73)74-62-61-69(4,5)6)65(58-55-52-49-46-43-24-21-18-15-12-9-3)76-67(71)60-57-54-51-48-45-42-39-28-26-23-20-17-14-11-8-2/h11,14,17,19-20,22-23,26-27,29,55,58,64-65H,7-10,12-13,15-16,18,21,24-25,28,30-54,56-57,59-63H2,1-6H3,(H-,68,70,72,73)/b14-11+,20-17+,22-19-,26-23+,29-27-,58-55-. The molecule has 0 rings (SSSR count). The molecule has 9 nitrogen and oxygen atoms in total. The van der Waals surface area contributed by atoms with Crippen molar-refractivity contribution in [1.82, 2.24) is 5.32 Å². The summed E-state index contributed by atoms with van der Waals surface area (Å²) < 4.78 is 30.3. The van der Waals surface area contributed by atoms with Crippen LogP contribution >= 0.6 is 7.82 Å². The summed E-state index contributed by atoms with van der Waals surface area (Å²) in [6.07, 6.45) is 73.1. The van der Waals surface area contributed by atoms with Gasteiger partial charge in [0.1, 0.15) is 19.3 Å². The molecule has 0 saturated heterocycles. The Hall–Kier alpha value is -2.55. The molecule has 0 radical (unpaired) electrons. The minimum Gasteiger partial charge on any atom is -0.756 e. The summed E-state index contributed by atoms with van der Waals surface area (Å²) in [5.41, 5.74) is 0. The van der Waals surface area contributed by atoms with Crippen LogP contribution in [-0.4, -0.2) is 69.4 Å². The topological polar surface area (TPSA) is 114 Å². The van der Waals surface area contributed by atoms with E-state index in [9.17, 15) is 19.0 Å². The number of ether oxygens (including phenoxy) is 1.